The number of nitrogens with one attached hydrogen (secondary N) is 1. The van der Waals surface area contributed by atoms with Crippen LogP contribution in [0.3, 0.4) is 0 Å². The summed E-state index contributed by atoms with van der Waals surface area (Å²) in [5, 5.41) is 12.4. The average molecular weight is 669 g/mol. The Morgan fingerprint density at radius 3 is 2.29 bits per heavy atom. The smallest absolute Gasteiger partial charge is 0.326 e. The Hall–Kier alpha value is -2.69. The predicted octanol–water partition coefficient (Wildman–Crippen LogP) is 4.78. The third kappa shape index (κ3) is 5.51. The Kier molecular flexibility index (Phi) is 8.51. The molecule has 0 spiro atoms. The first-order valence-electron chi connectivity index (χ1n) is 10.2. The van der Waals surface area contributed by atoms with E-state index in [0.29, 0.717) is 23.2 Å². The fourth-order valence-corrected chi connectivity index (χ4v) is 4.27. The molecule has 3 aromatic rings. The van der Waals surface area contributed by atoms with E-state index in [0.717, 1.165) is 5.56 Å². The number of aliphatic carboxylic acids is 1. The zero-order chi connectivity index (χ0) is 23.5. The summed E-state index contributed by atoms with van der Waals surface area (Å²) >= 11 is 12.1. The van der Waals surface area contributed by atoms with Gasteiger partial charge < -0.3 is 15.3 Å². The molecule has 0 aliphatic carbocycles. The van der Waals surface area contributed by atoms with Gasteiger partial charge in [-0.2, -0.15) is 0 Å². The summed E-state index contributed by atoms with van der Waals surface area (Å²) in [6.45, 7) is 1.83. The fourth-order valence-electron chi connectivity index (χ4n) is 3.71. The van der Waals surface area contributed by atoms with Gasteiger partial charge in [-0.25, -0.2) is 11.3 Å². The number of fused-ring (bicyclic) bond motifs is 1. The zero-order valence-corrected chi connectivity index (χ0v) is 21.9. The van der Waals surface area contributed by atoms with Gasteiger partial charge in [0.15, 0.2) is 0 Å². The van der Waals surface area contributed by atoms with Crippen molar-refractivity contribution in [3.05, 3.63) is 106 Å². The number of carboxylic acid groups (broad SMARTS) is 1. The number of anilines is 1. The number of rotatable bonds is 6. The molecule has 34 heavy (non-hydrogen) atoms. The van der Waals surface area contributed by atoms with Crippen LogP contribution in [0.25, 0.3) is 0 Å². The van der Waals surface area contributed by atoms with E-state index in [2.05, 4.69) is 5.32 Å². The summed E-state index contributed by atoms with van der Waals surface area (Å²) in [5.74, 6) is -1.97. The number of carbonyl (C=O) groups excluding carboxylic acids is 2. The number of amides is 2. The molecular formula is C25H19Cl2N2O4Re-. The van der Waals surface area contributed by atoms with Gasteiger partial charge in [-0.3, -0.25) is 9.59 Å². The van der Waals surface area contributed by atoms with E-state index in [1.807, 2.05) is 24.7 Å². The second-order valence-electron chi connectivity index (χ2n) is 7.55. The molecule has 2 N–H and O–H groups in total. The van der Waals surface area contributed by atoms with Crippen molar-refractivity contribution in [1.29, 1.82) is 0 Å². The van der Waals surface area contributed by atoms with Gasteiger partial charge in [0.25, 0.3) is 5.91 Å². The molecule has 1 aliphatic heterocycles. The van der Waals surface area contributed by atoms with Crippen LogP contribution < -0.4 is 10.2 Å². The molecule has 175 valence electrons. The van der Waals surface area contributed by atoms with Crippen LogP contribution in [0, 0.1) is 6.54 Å². The summed E-state index contributed by atoms with van der Waals surface area (Å²) in [7, 11) is 0. The van der Waals surface area contributed by atoms with Crippen molar-refractivity contribution < 1.29 is 39.9 Å². The molecule has 3 aromatic carbocycles. The van der Waals surface area contributed by atoms with Gasteiger partial charge in [-0.05, 0) is 35.9 Å². The van der Waals surface area contributed by atoms with E-state index in [1.165, 1.54) is 12.1 Å². The standard InChI is InChI=1S/C25H19Cl2N2O4.Re/c26-19-6-3-7-20(27)22(19)23(30)28-21(25(32)33)14-15-8-10-17(11-9-15)29-13-12-16-4-1-2-5-18(16)24(29)31;/h1-11,13,21H,12,14H2,(H,28,30)(H,32,33);/q-1;/t21-;/m0./s1. The number of hydrogen-bond donors (Lipinski definition) is 2. The van der Waals surface area contributed by atoms with E-state index >= 15 is 0 Å². The quantitative estimate of drug-likeness (QED) is 0.371. The van der Waals surface area contributed by atoms with Crippen molar-refractivity contribution in [1.82, 2.24) is 5.32 Å². The van der Waals surface area contributed by atoms with Gasteiger partial charge in [-0.15, -0.1) is 6.42 Å². The third-order valence-electron chi connectivity index (χ3n) is 5.41. The van der Waals surface area contributed by atoms with Crippen LogP contribution in [-0.4, -0.2) is 28.9 Å². The molecule has 2 amide bonds. The Morgan fingerprint density at radius 2 is 1.65 bits per heavy atom. The molecule has 6 nitrogen and oxygen atoms in total. The molecule has 0 aromatic heterocycles. The second kappa shape index (κ2) is 11.2. The van der Waals surface area contributed by atoms with Crippen molar-refractivity contribution in [2.45, 2.75) is 18.9 Å². The summed E-state index contributed by atoms with van der Waals surface area (Å²) < 4.78 is 0. The van der Waals surface area contributed by atoms with Crippen molar-refractivity contribution in [3.63, 3.8) is 0 Å². The SMILES string of the molecule is O=C(N[C@@H](Cc1ccc(N2[CH-]Cc3ccccc3C2=O)cc1)C(=O)O)c1c(Cl)cccc1Cl.[Re]. The Morgan fingerprint density at radius 1 is 1.00 bits per heavy atom. The predicted molar refractivity (Wildman–Crippen MR) is 127 cm³/mol. The Balaban J connectivity index is 0.00000324. The van der Waals surface area contributed by atoms with Gasteiger partial charge in [0.1, 0.15) is 6.04 Å². The second-order valence-corrected chi connectivity index (χ2v) is 8.36. The zero-order valence-electron chi connectivity index (χ0n) is 17.7. The maximum absolute atomic E-state index is 12.8. The van der Waals surface area contributed by atoms with Gasteiger partial charge in [0.2, 0.25) is 5.91 Å². The topological polar surface area (TPSA) is 86.7 Å². The van der Waals surface area contributed by atoms with Crippen LogP contribution in [0.1, 0.15) is 31.8 Å². The molecule has 0 saturated carbocycles. The first-order valence-corrected chi connectivity index (χ1v) is 10.9. The van der Waals surface area contributed by atoms with Gasteiger partial charge >= 0.3 is 5.97 Å². The molecule has 0 saturated heterocycles. The van der Waals surface area contributed by atoms with Crippen LogP contribution in [-0.2, 0) is 38.1 Å². The summed E-state index contributed by atoms with van der Waals surface area (Å²) in [4.78, 5) is 38.8. The van der Waals surface area contributed by atoms with Crippen LogP contribution in [0.5, 0.6) is 0 Å². The first-order chi connectivity index (χ1) is 15.8. The molecule has 1 radical (unpaired) electrons. The molecule has 1 atom stereocenters. The maximum atomic E-state index is 12.8. The molecule has 4 rings (SSSR count). The van der Waals surface area contributed by atoms with Crippen molar-refractivity contribution in [3.8, 4) is 0 Å². The molecular weight excluding hydrogens is 649 g/mol. The number of benzene rings is 3. The maximum Gasteiger partial charge on any atom is 0.326 e. The van der Waals surface area contributed by atoms with E-state index in [4.69, 9.17) is 23.2 Å². The molecule has 0 bridgehead atoms. The fraction of sp³-hybridized carbons (Fsp3) is 0.120. The number of carboxylic acids is 1. The average Bonchev–Trinajstić information content (AvgIpc) is 2.79. The van der Waals surface area contributed by atoms with Gasteiger partial charge in [0, 0.05) is 38.1 Å². The molecule has 1 aliphatic rings. The normalized spacial score (nSPS) is 13.5. The third-order valence-corrected chi connectivity index (χ3v) is 6.04. The van der Waals surface area contributed by atoms with Crippen LogP contribution in [0.15, 0.2) is 66.7 Å². The van der Waals surface area contributed by atoms with Crippen LogP contribution in [0.2, 0.25) is 10.0 Å². The largest absolute Gasteiger partial charge is 0.480 e. The summed E-state index contributed by atoms with van der Waals surface area (Å²) in [5.41, 5.74) is 3.03. The number of carbonyl (C=O) groups is 3. The molecule has 9 heteroatoms. The van der Waals surface area contributed by atoms with Gasteiger partial charge in [0.05, 0.1) is 15.6 Å². The molecule has 0 unspecified atom stereocenters. The van der Waals surface area contributed by atoms with E-state index in [1.54, 1.807) is 41.3 Å². The number of halogens is 2. The number of hydrogen-bond acceptors (Lipinski definition) is 3. The first kappa shape index (κ1) is 25.9. The minimum Gasteiger partial charge on any atom is -0.480 e. The van der Waals surface area contributed by atoms with Crippen molar-refractivity contribution in [2.24, 2.45) is 0 Å². The van der Waals surface area contributed by atoms with Gasteiger partial charge in [-0.1, -0.05) is 65.2 Å². The van der Waals surface area contributed by atoms with E-state index in [9.17, 15) is 19.5 Å². The van der Waals surface area contributed by atoms with Crippen LogP contribution in [0.4, 0.5) is 5.69 Å². The molecule has 1 heterocycles. The van der Waals surface area contributed by atoms with E-state index < -0.39 is 17.9 Å². The minimum absolute atomic E-state index is 0. The summed E-state index contributed by atoms with van der Waals surface area (Å²) in [6.07, 6.45) is 0.686. The van der Waals surface area contributed by atoms with Crippen molar-refractivity contribution >= 4 is 46.7 Å². The summed E-state index contributed by atoms with van der Waals surface area (Å²) in [6, 6.07) is 17.9. The monoisotopic (exact) mass is 668 g/mol. The Labute approximate surface area is 220 Å². The molecule has 0 fully saturated rings. The number of nitrogens with zero attached hydrogens (tertiary/aromatic N) is 1. The minimum atomic E-state index is -1.19. The van der Waals surface area contributed by atoms with E-state index in [-0.39, 0.29) is 48.4 Å². The Bertz CT molecular complexity index is 1210. The van der Waals surface area contributed by atoms with Crippen LogP contribution >= 0.6 is 23.2 Å². The van der Waals surface area contributed by atoms with Crippen molar-refractivity contribution in [2.75, 3.05) is 4.90 Å².